The Balaban J connectivity index is 1.97. The number of aromatic nitrogens is 1. The van der Waals surface area contributed by atoms with Crippen LogP contribution in [0.25, 0.3) is 0 Å². The Labute approximate surface area is 111 Å². The highest BCUT2D eigenvalue weighted by molar-refractivity contribution is 5.37. The van der Waals surface area contributed by atoms with Gasteiger partial charge in [-0.2, -0.15) is 0 Å². The van der Waals surface area contributed by atoms with E-state index in [4.69, 9.17) is 0 Å². The highest BCUT2D eigenvalue weighted by atomic mass is 15.1. The van der Waals surface area contributed by atoms with Gasteiger partial charge in [0.2, 0.25) is 0 Å². The topological polar surface area (TPSA) is 28.2 Å². The third-order valence-corrected chi connectivity index (χ3v) is 3.53. The number of anilines is 1. The zero-order valence-electron chi connectivity index (χ0n) is 11.8. The van der Waals surface area contributed by atoms with Crippen molar-refractivity contribution in [1.29, 1.82) is 0 Å². The lowest BCUT2D eigenvalue weighted by Crippen LogP contribution is -2.38. The fourth-order valence-corrected chi connectivity index (χ4v) is 3.03. The average Bonchev–Trinajstić information content (AvgIpc) is 2.28. The molecule has 3 heteroatoms. The van der Waals surface area contributed by atoms with Gasteiger partial charge in [0.1, 0.15) is 5.82 Å². The standard InChI is InChI=1S/C15H25N3/c1-4-16-15-8-14(5-6-17-15)11-18-9-12(2)7-13(3)10-18/h5-6,8,12-13H,4,7,9-11H2,1-3H3,(H,16,17). The minimum atomic E-state index is 0.823. The van der Waals surface area contributed by atoms with Crippen molar-refractivity contribution in [3.8, 4) is 0 Å². The van der Waals surface area contributed by atoms with Crippen molar-refractivity contribution >= 4 is 5.82 Å². The van der Waals surface area contributed by atoms with Crippen LogP contribution < -0.4 is 5.32 Å². The largest absolute Gasteiger partial charge is 0.370 e. The van der Waals surface area contributed by atoms with Crippen molar-refractivity contribution in [1.82, 2.24) is 9.88 Å². The molecule has 100 valence electrons. The van der Waals surface area contributed by atoms with Crippen LogP contribution in [0.15, 0.2) is 18.3 Å². The smallest absolute Gasteiger partial charge is 0.126 e. The Kier molecular flexibility index (Phi) is 4.59. The van der Waals surface area contributed by atoms with E-state index in [0.29, 0.717) is 0 Å². The Morgan fingerprint density at radius 3 is 2.72 bits per heavy atom. The van der Waals surface area contributed by atoms with Crippen LogP contribution in [0.1, 0.15) is 32.8 Å². The molecule has 1 aliphatic heterocycles. The normalized spacial score (nSPS) is 25.1. The molecule has 3 nitrogen and oxygen atoms in total. The molecule has 0 radical (unpaired) electrons. The summed E-state index contributed by atoms with van der Waals surface area (Å²) in [6, 6.07) is 4.30. The van der Waals surface area contributed by atoms with Gasteiger partial charge in [0.25, 0.3) is 0 Å². The Bertz CT molecular complexity index is 368. The number of likely N-dealkylation sites (tertiary alicyclic amines) is 1. The fraction of sp³-hybridized carbons (Fsp3) is 0.667. The number of nitrogens with zero attached hydrogens (tertiary/aromatic N) is 2. The van der Waals surface area contributed by atoms with Crippen LogP contribution >= 0.6 is 0 Å². The summed E-state index contributed by atoms with van der Waals surface area (Å²) >= 11 is 0. The zero-order valence-corrected chi connectivity index (χ0v) is 11.8. The first kappa shape index (κ1) is 13.3. The number of nitrogens with one attached hydrogen (secondary N) is 1. The summed E-state index contributed by atoms with van der Waals surface area (Å²) in [7, 11) is 0. The Hall–Kier alpha value is -1.09. The third kappa shape index (κ3) is 3.70. The number of hydrogen-bond donors (Lipinski definition) is 1. The van der Waals surface area contributed by atoms with Gasteiger partial charge in [0.05, 0.1) is 0 Å². The van der Waals surface area contributed by atoms with Gasteiger partial charge in [-0.3, -0.25) is 4.90 Å². The molecular weight excluding hydrogens is 222 g/mol. The molecule has 1 N–H and O–H groups in total. The number of hydrogen-bond acceptors (Lipinski definition) is 3. The van der Waals surface area contributed by atoms with Gasteiger partial charge < -0.3 is 5.32 Å². The number of rotatable bonds is 4. The van der Waals surface area contributed by atoms with Crippen LogP contribution in [-0.4, -0.2) is 29.5 Å². The second-order valence-electron chi connectivity index (χ2n) is 5.72. The van der Waals surface area contributed by atoms with Crippen molar-refractivity contribution in [2.24, 2.45) is 11.8 Å². The first-order valence-electron chi connectivity index (χ1n) is 7.08. The van der Waals surface area contributed by atoms with E-state index in [-0.39, 0.29) is 0 Å². The quantitative estimate of drug-likeness (QED) is 0.886. The van der Waals surface area contributed by atoms with E-state index in [2.05, 4.69) is 48.1 Å². The molecule has 18 heavy (non-hydrogen) atoms. The molecule has 2 rings (SSSR count). The van der Waals surface area contributed by atoms with Gasteiger partial charge in [-0.1, -0.05) is 13.8 Å². The molecule has 1 fully saturated rings. The second kappa shape index (κ2) is 6.19. The molecule has 1 aromatic heterocycles. The lowest BCUT2D eigenvalue weighted by Gasteiger charge is -2.35. The summed E-state index contributed by atoms with van der Waals surface area (Å²) in [5.74, 6) is 2.64. The van der Waals surface area contributed by atoms with Crippen LogP contribution in [0, 0.1) is 11.8 Å². The molecule has 1 saturated heterocycles. The average molecular weight is 247 g/mol. The van der Waals surface area contributed by atoms with Crippen LogP contribution in [0.4, 0.5) is 5.82 Å². The molecule has 0 spiro atoms. The van der Waals surface area contributed by atoms with E-state index >= 15 is 0 Å². The fourth-order valence-electron chi connectivity index (χ4n) is 3.03. The second-order valence-corrected chi connectivity index (χ2v) is 5.72. The van der Waals surface area contributed by atoms with Gasteiger partial charge in [0, 0.05) is 32.4 Å². The van der Waals surface area contributed by atoms with Crippen LogP contribution in [0.5, 0.6) is 0 Å². The van der Waals surface area contributed by atoms with Crippen molar-refractivity contribution in [2.45, 2.75) is 33.7 Å². The lowest BCUT2D eigenvalue weighted by atomic mass is 9.91. The first-order chi connectivity index (χ1) is 8.67. The van der Waals surface area contributed by atoms with E-state index in [1.807, 2.05) is 6.20 Å². The summed E-state index contributed by atoms with van der Waals surface area (Å²) < 4.78 is 0. The van der Waals surface area contributed by atoms with E-state index in [1.165, 1.54) is 25.1 Å². The van der Waals surface area contributed by atoms with Crippen molar-refractivity contribution in [3.05, 3.63) is 23.9 Å². The minimum absolute atomic E-state index is 0.823. The van der Waals surface area contributed by atoms with Gasteiger partial charge in [-0.15, -0.1) is 0 Å². The van der Waals surface area contributed by atoms with Gasteiger partial charge in [-0.25, -0.2) is 4.98 Å². The van der Waals surface area contributed by atoms with E-state index < -0.39 is 0 Å². The van der Waals surface area contributed by atoms with E-state index in [0.717, 1.165) is 30.7 Å². The zero-order chi connectivity index (χ0) is 13.0. The van der Waals surface area contributed by atoms with Crippen molar-refractivity contribution in [2.75, 3.05) is 25.0 Å². The highest BCUT2D eigenvalue weighted by Gasteiger charge is 2.21. The number of piperidine rings is 1. The molecule has 0 amide bonds. The SMILES string of the molecule is CCNc1cc(CN2CC(C)CC(C)C2)ccn1. The first-order valence-corrected chi connectivity index (χ1v) is 7.08. The molecule has 0 bridgehead atoms. The Morgan fingerprint density at radius 2 is 2.06 bits per heavy atom. The molecule has 1 aromatic rings. The predicted molar refractivity (Wildman–Crippen MR) is 76.6 cm³/mol. The maximum Gasteiger partial charge on any atom is 0.126 e. The van der Waals surface area contributed by atoms with Gasteiger partial charge >= 0.3 is 0 Å². The van der Waals surface area contributed by atoms with E-state index in [9.17, 15) is 0 Å². The van der Waals surface area contributed by atoms with E-state index in [1.54, 1.807) is 0 Å². The van der Waals surface area contributed by atoms with Crippen LogP contribution in [0.3, 0.4) is 0 Å². The molecule has 2 atom stereocenters. The van der Waals surface area contributed by atoms with Crippen molar-refractivity contribution < 1.29 is 0 Å². The molecular formula is C15H25N3. The summed E-state index contributed by atoms with van der Waals surface area (Å²) in [5, 5.41) is 3.27. The maximum atomic E-state index is 4.32. The third-order valence-electron chi connectivity index (χ3n) is 3.53. The molecule has 2 unspecified atom stereocenters. The van der Waals surface area contributed by atoms with Gasteiger partial charge in [0.15, 0.2) is 0 Å². The van der Waals surface area contributed by atoms with Crippen LogP contribution in [-0.2, 0) is 6.54 Å². The Morgan fingerprint density at radius 1 is 1.33 bits per heavy atom. The summed E-state index contributed by atoms with van der Waals surface area (Å²) in [4.78, 5) is 6.90. The molecule has 0 aliphatic carbocycles. The maximum absolute atomic E-state index is 4.32. The lowest BCUT2D eigenvalue weighted by molar-refractivity contribution is 0.134. The summed E-state index contributed by atoms with van der Waals surface area (Å²) in [6.07, 6.45) is 3.28. The van der Waals surface area contributed by atoms with Crippen molar-refractivity contribution in [3.63, 3.8) is 0 Å². The summed E-state index contributed by atoms with van der Waals surface area (Å²) in [6.45, 7) is 11.2. The molecule has 2 heterocycles. The number of pyridine rings is 1. The minimum Gasteiger partial charge on any atom is -0.370 e. The predicted octanol–water partition coefficient (Wildman–Crippen LogP) is 2.99. The molecule has 0 saturated carbocycles. The molecule has 1 aliphatic rings. The highest BCUT2D eigenvalue weighted by Crippen LogP contribution is 2.22. The monoisotopic (exact) mass is 247 g/mol. The van der Waals surface area contributed by atoms with Crippen LogP contribution in [0.2, 0.25) is 0 Å². The molecule has 0 aromatic carbocycles. The summed E-state index contributed by atoms with van der Waals surface area (Å²) in [5.41, 5.74) is 1.36. The van der Waals surface area contributed by atoms with Gasteiger partial charge in [-0.05, 0) is 42.9 Å².